The lowest BCUT2D eigenvalue weighted by Crippen LogP contribution is -2.00. The van der Waals surface area contributed by atoms with Crippen molar-refractivity contribution in [1.82, 2.24) is 10.2 Å². The zero-order valence-electron chi connectivity index (χ0n) is 5.48. The van der Waals surface area contributed by atoms with Crippen LogP contribution >= 0.6 is 0 Å². The lowest BCUT2D eigenvalue weighted by molar-refractivity contribution is 0.451. The van der Waals surface area contributed by atoms with Crippen molar-refractivity contribution < 1.29 is 9.68 Å². The van der Waals surface area contributed by atoms with Gasteiger partial charge >= 0.3 is 7.69 Å². The normalized spacial score (nSPS) is 9.00. The lowest BCUT2D eigenvalue weighted by Gasteiger charge is -1.98. The lowest BCUT2D eigenvalue weighted by atomic mass is 10.3. The first kappa shape index (κ1) is 7.02. The topological polar surface area (TPSA) is 55.2 Å². The van der Waals surface area contributed by atoms with Crippen molar-refractivity contribution in [2.45, 2.75) is 6.92 Å². The van der Waals surface area contributed by atoms with Gasteiger partial charge in [0.25, 0.3) is 0 Å². The largest absolute Gasteiger partial charge is 0.569 e. The highest BCUT2D eigenvalue weighted by molar-refractivity contribution is 6.17. The first-order chi connectivity index (χ1) is 4.83. The van der Waals surface area contributed by atoms with Crippen LogP contribution in [0.4, 0.5) is 0 Å². The van der Waals surface area contributed by atoms with E-state index in [1.807, 2.05) is 0 Å². The second-order valence-electron chi connectivity index (χ2n) is 1.76. The maximum absolute atomic E-state index is 8.22. The smallest absolute Gasteiger partial charge is 0.536 e. The molecule has 1 N–H and O–H groups in total. The Labute approximate surface area is 59.2 Å². The Kier molecular flexibility index (Phi) is 2.22. The Balaban J connectivity index is 2.75. The van der Waals surface area contributed by atoms with Gasteiger partial charge in [0.05, 0.1) is 11.9 Å². The molecule has 0 atom stereocenters. The molecular formula is C5H6BN2O2. The third-order valence-electron chi connectivity index (χ3n) is 0.940. The van der Waals surface area contributed by atoms with Gasteiger partial charge in [-0.15, -0.1) is 0 Å². The molecule has 0 saturated carbocycles. The van der Waals surface area contributed by atoms with E-state index in [4.69, 9.17) is 5.02 Å². The summed E-state index contributed by atoms with van der Waals surface area (Å²) in [7, 11) is 0.608. The molecule has 10 heavy (non-hydrogen) atoms. The molecule has 0 bridgehead atoms. The average molecular weight is 137 g/mol. The molecular weight excluding hydrogens is 131 g/mol. The first-order valence-electron chi connectivity index (χ1n) is 2.75. The van der Waals surface area contributed by atoms with Gasteiger partial charge in [0.1, 0.15) is 5.75 Å². The summed E-state index contributed by atoms with van der Waals surface area (Å²) >= 11 is 0. The number of rotatable bonds is 2. The molecule has 0 aliphatic rings. The van der Waals surface area contributed by atoms with Crippen LogP contribution in [0.1, 0.15) is 5.69 Å². The summed E-state index contributed by atoms with van der Waals surface area (Å²) in [4.78, 5) is 0. The molecule has 1 aromatic heterocycles. The number of hydrogen-bond donors (Lipinski definition) is 1. The minimum Gasteiger partial charge on any atom is -0.536 e. The molecule has 0 aliphatic carbocycles. The van der Waals surface area contributed by atoms with Gasteiger partial charge in [-0.25, -0.2) is 0 Å². The Morgan fingerprint density at radius 1 is 1.70 bits per heavy atom. The van der Waals surface area contributed by atoms with E-state index in [1.165, 1.54) is 6.20 Å². The number of aryl methyl sites for hydroxylation is 1. The van der Waals surface area contributed by atoms with E-state index in [0.29, 0.717) is 13.4 Å². The molecule has 4 nitrogen and oxygen atoms in total. The maximum Gasteiger partial charge on any atom is 0.569 e. The van der Waals surface area contributed by atoms with Crippen molar-refractivity contribution in [3.63, 3.8) is 0 Å². The van der Waals surface area contributed by atoms with Gasteiger partial charge in [0.15, 0.2) is 0 Å². The maximum atomic E-state index is 8.22. The third kappa shape index (κ3) is 1.70. The summed E-state index contributed by atoms with van der Waals surface area (Å²) < 4.78 is 4.61. The van der Waals surface area contributed by atoms with Crippen molar-refractivity contribution in [2.75, 3.05) is 0 Å². The van der Waals surface area contributed by atoms with E-state index >= 15 is 0 Å². The fourth-order valence-corrected chi connectivity index (χ4v) is 0.574. The van der Waals surface area contributed by atoms with Gasteiger partial charge in [0.2, 0.25) is 0 Å². The van der Waals surface area contributed by atoms with E-state index in [-0.39, 0.29) is 0 Å². The zero-order chi connectivity index (χ0) is 7.40. The molecule has 0 fully saturated rings. The van der Waals surface area contributed by atoms with Gasteiger partial charge in [-0.2, -0.15) is 10.2 Å². The molecule has 51 valence electrons. The molecule has 0 saturated heterocycles. The van der Waals surface area contributed by atoms with Crippen molar-refractivity contribution in [3.8, 4) is 5.75 Å². The SMILES string of the molecule is Cc1cc(O[B]O)cnn1. The van der Waals surface area contributed by atoms with Crippen LogP contribution in [-0.2, 0) is 0 Å². The van der Waals surface area contributed by atoms with Crippen LogP contribution < -0.4 is 4.65 Å². The van der Waals surface area contributed by atoms with Gasteiger partial charge in [0, 0.05) is 6.07 Å². The van der Waals surface area contributed by atoms with Gasteiger partial charge < -0.3 is 9.68 Å². The Hall–Kier alpha value is -1.10. The summed E-state index contributed by atoms with van der Waals surface area (Å²) in [6.45, 7) is 1.79. The van der Waals surface area contributed by atoms with Crippen LogP contribution in [0.2, 0.25) is 0 Å². The fraction of sp³-hybridized carbons (Fsp3) is 0.200. The van der Waals surface area contributed by atoms with Crippen molar-refractivity contribution in [1.29, 1.82) is 0 Å². The van der Waals surface area contributed by atoms with Crippen molar-refractivity contribution >= 4 is 7.69 Å². The van der Waals surface area contributed by atoms with E-state index < -0.39 is 0 Å². The highest BCUT2D eigenvalue weighted by Crippen LogP contribution is 2.06. The third-order valence-corrected chi connectivity index (χ3v) is 0.940. The predicted molar refractivity (Wildman–Crippen MR) is 35.4 cm³/mol. The molecule has 0 amide bonds. The zero-order valence-corrected chi connectivity index (χ0v) is 5.48. The second kappa shape index (κ2) is 3.17. The monoisotopic (exact) mass is 137 g/mol. The molecule has 1 rings (SSSR count). The van der Waals surface area contributed by atoms with Crippen LogP contribution in [0.15, 0.2) is 12.3 Å². The summed E-state index contributed by atoms with van der Waals surface area (Å²) in [6, 6.07) is 1.67. The molecule has 0 unspecified atom stereocenters. The molecule has 0 spiro atoms. The number of hydrogen-bond acceptors (Lipinski definition) is 4. The summed E-state index contributed by atoms with van der Waals surface area (Å²) in [5, 5.41) is 15.5. The second-order valence-corrected chi connectivity index (χ2v) is 1.76. The minimum absolute atomic E-state index is 0.481. The van der Waals surface area contributed by atoms with Gasteiger partial charge in [-0.3, -0.25) is 0 Å². The van der Waals surface area contributed by atoms with Crippen LogP contribution in [0.3, 0.4) is 0 Å². The Bertz CT molecular complexity index is 219. The molecule has 0 aliphatic heterocycles. The van der Waals surface area contributed by atoms with Gasteiger partial charge in [-0.1, -0.05) is 0 Å². The molecule has 1 heterocycles. The minimum atomic E-state index is 0.481. The summed E-state index contributed by atoms with van der Waals surface area (Å²) in [5.74, 6) is 0.481. The molecule has 5 heteroatoms. The van der Waals surface area contributed by atoms with Crippen LogP contribution in [0, 0.1) is 6.92 Å². The van der Waals surface area contributed by atoms with Crippen LogP contribution in [-0.4, -0.2) is 22.9 Å². The van der Waals surface area contributed by atoms with Crippen molar-refractivity contribution in [3.05, 3.63) is 18.0 Å². The fourth-order valence-electron chi connectivity index (χ4n) is 0.574. The summed E-state index contributed by atoms with van der Waals surface area (Å²) in [6.07, 6.45) is 1.42. The van der Waals surface area contributed by atoms with Crippen molar-refractivity contribution in [2.24, 2.45) is 0 Å². The average Bonchev–Trinajstić information content (AvgIpc) is 1.88. The Morgan fingerprint density at radius 3 is 3.10 bits per heavy atom. The van der Waals surface area contributed by atoms with E-state index in [1.54, 1.807) is 13.0 Å². The number of nitrogens with zero attached hydrogens (tertiary/aromatic N) is 2. The molecule has 0 aromatic carbocycles. The molecule has 1 aromatic rings. The van der Waals surface area contributed by atoms with E-state index in [9.17, 15) is 0 Å². The highest BCUT2D eigenvalue weighted by Gasteiger charge is 1.94. The Morgan fingerprint density at radius 2 is 2.50 bits per heavy atom. The van der Waals surface area contributed by atoms with E-state index in [2.05, 4.69) is 14.9 Å². The van der Waals surface area contributed by atoms with Gasteiger partial charge in [-0.05, 0) is 6.92 Å². The van der Waals surface area contributed by atoms with Crippen LogP contribution in [0.25, 0.3) is 0 Å². The van der Waals surface area contributed by atoms with E-state index in [0.717, 1.165) is 5.69 Å². The highest BCUT2D eigenvalue weighted by atomic mass is 16.5. The molecule has 1 radical (unpaired) electrons. The predicted octanol–water partition coefficient (Wildman–Crippen LogP) is -0.310. The standard InChI is InChI=1S/C5H6BN2O2/c1-4-2-5(10-6-9)3-7-8-4/h2-3,9H,1H3. The van der Waals surface area contributed by atoms with Crippen LogP contribution in [0.5, 0.6) is 5.75 Å². The quantitative estimate of drug-likeness (QED) is 0.568. The number of aromatic nitrogens is 2. The summed E-state index contributed by atoms with van der Waals surface area (Å²) in [5.41, 5.74) is 0.749. The first-order valence-corrected chi connectivity index (χ1v) is 2.75.